The topological polar surface area (TPSA) is 35.6 Å². The first kappa shape index (κ1) is 20.1. The lowest BCUT2D eigenvalue weighted by Gasteiger charge is -2.36. The van der Waals surface area contributed by atoms with Crippen molar-refractivity contribution >= 4 is 18.3 Å². The van der Waals surface area contributed by atoms with Crippen molar-refractivity contribution in [2.45, 2.75) is 38.1 Å². The molecule has 25 heavy (non-hydrogen) atoms. The molecule has 0 aromatic heterocycles. The van der Waals surface area contributed by atoms with Crippen LogP contribution in [-0.2, 0) is 11.2 Å². The Morgan fingerprint density at radius 1 is 1.24 bits per heavy atom. The summed E-state index contributed by atoms with van der Waals surface area (Å²) in [7, 11) is 0. The first-order chi connectivity index (χ1) is 11.7. The van der Waals surface area contributed by atoms with Crippen molar-refractivity contribution in [1.82, 2.24) is 15.1 Å². The zero-order chi connectivity index (χ0) is 16.8. The van der Waals surface area contributed by atoms with Crippen LogP contribution in [0.4, 0.5) is 4.39 Å². The lowest BCUT2D eigenvalue weighted by Crippen LogP contribution is -2.51. The van der Waals surface area contributed by atoms with Crippen LogP contribution in [0.25, 0.3) is 0 Å². The van der Waals surface area contributed by atoms with Gasteiger partial charge in [0.1, 0.15) is 5.82 Å². The van der Waals surface area contributed by atoms with Crippen LogP contribution in [-0.4, -0.2) is 61.0 Å². The second kappa shape index (κ2) is 10.1. The molecular formula is C19H29ClFN3O. The van der Waals surface area contributed by atoms with Crippen LogP contribution >= 0.6 is 12.4 Å². The molecule has 0 saturated carbocycles. The van der Waals surface area contributed by atoms with Crippen LogP contribution in [0, 0.1) is 5.82 Å². The summed E-state index contributed by atoms with van der Waals surface area (Å²) < 4.78 is 13.9. The zero-order valence-electron chi connectivity index (χ0n) is 14.8. The van der Waals surface area contributed by atoms with Crippen LogP contribution in [0.15, 0.2) is 24.3 Å². The number of nitrogens with one attached hydrogen (secondary N) is 1. The molecule has 1 N–H and O–H groups in total. The third kappa shape index (κ3) is 5.66. The Bertz CT molecular complexity index is 545. The number of hydrogen-bond donors (Lipinski definition) is 1. The number of benzene rings is 1. The summed E-state index contributed by atoms with van der Waals surface area (Å²) in [6.07, 6.45) is 4.80. The normalized spacial score (nSPS) is 20.9. The highest BCUT2D eigenvalue weighted by Gasteiger charge is 2.26. The molecular weight excluding hydrogens is 341 g/mol. The van der Waals surface area contributed by atoms with Crippen LogP contribution in [0.1, 0.15) is 31.2 Å². The zero-order valence-corrected chi connectivity index (χ0v) is 15.6. The number of rotatable bonds is 6. The van der Waals surface area contributed by atoms with Gasteiger partial charge in [-0.3, -0.25) is 4.79 Å². The molecule has 0 bridgehead atoms. The molecule has 0 radical (unpaired) electrons. The molecule has 2 heterocycles. The molecule has 1 atom stereocenters. The van der Waals surface area contributed by atoms with Gasteiger partial charge in [-0.1, -0.05) is 18.2 Å². The highest BCUT2D eigenvalue weighted by atomic mass is 35.5. The first-order valence-electron chi connectivity index (χ1n) is 9.20. The van der Waals surface area contributed by atoms with E-state index in [0.717, 1.165) is 52.1 Å². The number of carbonyl (C=O) groups is 1. The van der Waals surface area contributed by atoms with Crippen LogP contribution < -0.4 is 5.32 Å². The van der Waals surface area contributed by atoms with E-state index in [1.165, 1.54) is 18.9 Å². The van der Waals surface area contributed by atoms with Crippen molar-refractivity contribution in [3.63, 3.8) is 0 Å². The van der Waals surface area contributed by atoms with E-state index in [1.807, 2.05) is 4.90 Å². The number of likely N-dealkylation sites (tertiary alicyclic amines) is 1. The highest BCUT2D eigenvalue weighted by molar-refractivity contribution is 5.85. The Morgan fingerprint density at radius 3 is 2.68 bits per heavy atom. The molecule has 1 amide bonds. The predicted octanol–water partition coefficient (Wildman–Crippen LogP) is 2.47. The number of carbonyl (C=O) groups excluding carboxylic acids is 1. The van der Waals surface area contributed by atoms with Gasteiger partial charge < -0.3 is 15.1 Å². The summed E-state index contributed by atoms with van der Waals surface area (Å²) in [5.74, 6) is -0.236. The smallest absolute Gasteiger partial charge is 0.227 e. The van der Waals surface area contributed by atoms with Gasteiger partial charge in [0.15, 0.2) is 0 Å². The van der Waals surface area contributed by atoms with E-state index in [2.05, 4.69) is 10.2 Å². The summed E-state index contributed by atoms with van der Waals surface area (Å²) in [6.45, 7) is 5.83. The van der Waals surface area contributed by atoms with Gasteiger partial charge in [0.05, 0.1) is 6.42 Å². The predicted molar refractivity (Wildman–Crippen MR) is 101 cm³/mol. The minimum Gasteiger partial charge on any atom is -0.337 e. The van der Waals surface area contributed by atoms with E-state index in [-0.39, 0.29) is 36.6 Å². The van der Waals surface area contributed by atoms with Gasteiger partial charge in [0.25, 0.3) is 0 Å². The lowest BCUT2D eigenvalue weighted by atomic mass is 10.0. The monoisotopic (exact) mass is 369 g/mol. The van der Waals surface area contributed by atoms with E-state index in [0.29, 0.717) is 5.56 Å². The average Bonchev–Trinajstić information content (AvgIpc) is 3.12. The fraction of sp³-hybridized carbons (Fsp3) is 0.632. The maximum Gasteiger partial charge on any atom is 0.227 e. The van der Waals surface area contributed by atoms with Crippen molar-refractivity contribution in [3.8, 4) is 0 Å². The number of nitrogens with zero attached hydrogens (tertiary/aromatic N) is 2. The van der Waals surface area contributed by atoms with Crippen molar-refractivity contribution in [2.75, 3.05) is 39.3 Å². The molecule has 6 heteroatoms. The molecule has 1 unspecified atom stereocenters. The Balaban J connectivity index is 0.00000225. The lowest BCUT2D eigenvalue weighted by molar-refractivity contribution is -0.133. The summed E-state index contributed by atoms with van der Waals surface area (Å²) in [5.41, 5.74) is 0.498. The summed E-state index contributed by atoms with van der Waals surface area (Å²) in [6, 6.07) is 6.84. The van der Waals surface area contributed by atoms with E-state index in [9.17, 15) is 9.18 Å². The molecule has 1 aromatic rings. The van der Waals surface area contributed by atoms with Crippen molar-refractivity contribution in [3.05, 3.63) is 35.6 Å². The third-order valence-corrected chi connectivity index (χ3v) is 5.19. The molecule has 4 nitrogen and oxygen atoms in total. The minimum absolute atomic E-state index is 0. The summed E-state index contributed by atoms with van der Waals surface area (Å²) >= 11 is 0. The molecule has 1 aromatic carbocycles. The van der Waals surface area contributed by atoms with Crippen molar-refractivity contribution in [2.24, 2.45) is 0 Å². The van der Waals surface area contributed by atoms with E-state index < -0.39 is 0 Å². The maximum absolute atomic E-state index is 13.9. The van der Waals surface area contributed by atoms with E-state index in [1.54, 1.807) is 18.2 Å². The number of amides is 1. The highest BCUT2D eigenvalue weighted by Crippen LogP contribution is 2.16. The second-order valence-corrected chi connectivity index (χ2v) is 6.90. The fourth-order valence-electron chi connectivity index (χ4n) is 3.77. The van der Waals surface area contributed by atoms with Gasteiger partial charge >= 0.3 is 0 Å². The second-order valence-electron chi connectivity index (χ2n) is 6.90. The van der Waals surface area contributed by atoms with Crippen LogP contribution in [0.2, 0.25) is 0 Å². The van der Waals surface area contributed by atoms with E-state index in [4.69, 9.17) is 0 Å². The molecule has 2 aliphatic heterocycles. The standard InChI is InChI=1S/C19H28FN3O.ClH/c20-18-8-2-1-6-16(18)14-19(24)23(17-7-5-9-21-15-17)13-12-22-10-3-4-11-22;/h1-2,6,8,17,21H,3-5,7,9-15H2;1H. The van der Waals surface area contributed by atoms with Gasteiger partial charge in [-0.15, -0.1) is 12.4 Å². The van der Waals surface area contributed by atoms with Crippen molar-refractivity contribution < 1.29 is 9.18 Å². The number of halogens is 2. The van der Waals surface area contributed by atoms with Crippen LogP contribution in [0.5, 0.6) is 0 Å². The minimum atomic E-state index is -0.285. The first-order valence-corrected chi connectivity index (χ1v) is 9.20. The Morgan fingerprint density at radius 2 is 2.00 bits per heavy atom. The Labute approximate surface area is 156 Å². The molecule has 2 saturated heterocycles. The molecule has 2 aliphatic rings. The quantitative estimate of drug-likeness (QED) is 0.836. The fourth-order valence-corrected chi connectivity index (χ4v) is 3.77. The maximum atomic E-state index is 13.9. The Hall–Kier alpha value is -1.17. The summed E-state index contributed by atoms with van der Waals surface area (Å²) in [4.78, 5) is 17.3. The molecule has 2 fully saturated rings. The van der Waals surface area contributed by atoms with Gasteiger partial charge in [-0.05, 0) is 56.9 Å². The van der Waals surface area contributed by atoms with Gasteiger partial charge in [-0.25, -0.2) is 4.39 Å². The van der Waals surface area contributed by atoms with E-state index >= 15 is 0 Å². The van der Waals surface area contributed by atoms with Crippen LogP contribution in [0.3, 0.4) is 0 Å². The molecule has 0 spiro atoms. The molecule has 3 rings (SSSR count). The van der Waals surface area contributed by atoms with Gasteiger partial charge in [0.2, 0.25) is 5.91 Å². The van der Waals surface area contributed by atoms with Gasteiger partial charge in [-0.2, -0.15) is 0 Å². The van der Waals surface area contributed by atoms with Crippen molar-refractivity contribution in [1.29, 1.82) is 0 Å². The SMILES string of the molecule is Cl.O=C(Cc1ccccc1F)N(CCN1CCCC1)C1CCCNC1. The number of hydrogen-bond acceptors (Lipinski definition) is 3. The van der Waals surface area contributed by atoms with Gasteiger partial charge in [0, 0.05) is 25.7 Å². The number of piperidine rings is 1. The largest absolute Gasteiger partial charge is 0.337 e. The third-order valence-electron chi connectivity index (χ3n) is 5.19. The average molecular weight is 370 g/mol. The summed E-state index contributed by atoms with van der Waals surface area (Å²) in [5, 5.41) is 3.39. The Kier molecular flexibility index (Phi) is 8.13. The molecule has 0 aliphatic carbocycles. The molecule has 140 valence electrons.